The van der Waals surface area contributed by atoms with Crippen LogP contribution in [0.4, 0.5) is 0 Å². The normalized spacial score (nSPS) is 15.1. The van der Waals surface area contributed by atoms with E-state index < -0.39 is 54.5 Å². The summed E-state index contributed by atoms with van der Waals surface area (Å²) >= 11 is 0. The van der Waals surface area contributed by atoms with E-state index in [-0.39, 0.29) is 18.8 Å². The van der Waals surface area contributed by atoms with Gasteiger partial charge in [0.15, 0.2) is 0 Å². The molecule has 0 aliphatic rings. The number of nitrogens with two attached hydrogens (primary N) is 1. The number of nitrogens with zero attached hydrogens (tertiary/aromatic N) is 1. The van der Waals surface area contributed by atoms with E-state index in [1.54, 1.807) is 13.1 Å². The predicted molar refractivity (Wildman–Crippen MR) is 142 cm³/mol. The van der Waals surface area contributed by atoms with Gasteiger partial charge in [0.25, 0.3) is 0 Å². The zero-order chi connectivity index (χ0) is 28.5. The van der Waals surface area contributed by atoms with Crippen molar-refractivity contribution in [3.8, 4) is 0 Å². The first-order chi connectivity index (χ1) is 18.6. The van der Waals surface area contributed by atoms with Crippen molar-refractivity contribution in [3.05, 3.63) is 54.2 Å². The second kappa shape index (κ2) is 13.5. The van der Waals surface area contributed by atoms with E-state index in [0.717, 1.165) is 16.5 Å². The highest BCUT2D eigenvalue weighted by Crippen LogP contribution is 2.19. The first-order valence-electron chi connectivity index (χ1n) is 12.7. The largest absolute Gasteiger partial charge is 0.480 e. The smallest absolute Gasteiger partial charge is 0.328 e. The van der Waals surface area contributed by atoms with Crippen LogP contribution in [0.5, 0.6) is 0 Å². The Morgan fingerprint density at radius 2 is 1.72 bits per heavy atom. The summed E-state index contributed by atoms with van der Waals surface area (Å²) in [6.45, 7) is 2.81. The van der Waals surface area contributed by atoms with E-state index in [2.05, 4.69) is 30.9 Å². The highest BCUT2D eigenvalue weighted by Gasteiger charge is 2.33. The summed E-state index contributed by atoms with van der Waals surface area (Å²) in [4.78, 5) is 60.5. The number of aromatic amines is 2. The monoisotopic (exact) mass is 541 g/mol. The number of aliphatic carboxylic acids is 1. The van der Waals surface area contributed by atoms with Gasteiger partial charge in [0.2, 0.25) is 17.7 Å². The molecule has 13 nitrogen and oxygen atoms in total. The Morgan fingerprint density at radius 3 is 2.36 bits per heavy atom. The molecule has 3 rings (SSSR count). The lowest BCUT2D eigenvalue weighted by Crippen LogP contribution is -2.59. The van der Waals surface area contributed by atoms with E-state index in [1.165, 1.54) is 12.5 Å². The summed E-state index contributed by atoms with van der Waals surface area (Å²) in [6, 6.07) is 2.93. The number of aliphatic hydroxyl groups excluding tert-OH is 1. The number of fused-ring (bicyclic) bond motifs is 1. The average molecular weight is 542 g/mol. The molecule has 3 aromatic rings. The number of hydrogen-bond acceptors (Lipinski definition) is 7. The first-order valence-corrected chi connectivity index (χ1v) is 12.7. The minimum atomic E-state index is -1.55. The number of amides is 3. The van der Waals surface area contributed by atoms with Crippen LogP contribution in [-0.4, -0.2) is 79.6 Å². The van der Waals surface area contributed by atoms with E-state index in [4.69, 9.17) is 5.73 Å². The number of H-pyrrole nitrogens is 2. The quantitative estimate of drug-likeness (QED) is 0.134. The lowest BCUT2D eigenvalue weighted by molar-refractivity contribution is -0.143. The van der Waals surface area contributed by atoms with Gasteiger partial charge >= 0.3 is 5.97 Å². The van der Waals surface area contributed by atoms with Gasteiger partial charge in [0.1, 0.15) is 18.1 Å². The second-order valence-electron chi connectivity index (χ2n) is 9.47. The molecule has 0 fully saturated rings. The highest BCUT2D eigenvalue weighted by atomic mass is 16.4. The van der Waals surface area contributed by atoms with Crippen LogP contribution >= 0.6 is 0 Å². The molecular weight excluding hydrogens is 506 g/mol. The van der Waals surface area contributed by atoms with Crippen molar-refractivity contribution >= 4 is 34.6 Å². The molecule has 0 spiro atoms. The van der Waals surface area contributed by atoms with E-state index in [9.17, 15) is 29.4 Å². The molecule has 0 aliphatic carbocycles. The Kier molecular flexibility index (Phi) is 10.2. The van der Waals surface area contributed by atoms with Crippen LogP contribution in [0.1, 0.15) is 31.5 Å². The highest BCUT2D eigenvalue weighted by molar-refractivity contribution is 5.94. The van der Waals surface area contributed by atoms with Crippen LogP contribution in [0.15, 0.2) is 43.0 Å². The number of aromatic nitrogens is 3. The lowest BCUT2D eigenvalue weighted by atomic mass is 9.96. The topological polar surface area (TPSA) is 215 Å². The third kappa shape index (κ3) is 7.65. The fraction of sp³-hybridized carbons (Fsp3) is 0.423. The van der Waals surface area contributed by atoms with Crippen molar-refractivity contribution in [2.75, 3.05) is 6.61 Å². The SMILES string of the molecule is CCC(C)C(NC(=O)C(N)Cc1c[nH]c2ccccc12)C(=O)NC(Cc1cnc[nH]1)C(=O)NC(CO)C(=O)O. The predicted octanol–water partition coefficient (Wildman–Crippen LogP) is -0.419. The van der Waals surface area contributed by atoms with Crippen molar-refractivity contribution in [1.82, 2.24) is 30.9 Å². The zero-order valence-corrected chi connectivity index (χ0v) is 21.8. The van der Waals surface area contributed by atoms with E-state index in [1.807, 2.05) is 31.2 Å². The molecule has 0 radical (unpaired) electrons. The molecule has 1 aromatic carbocycles. The minimum Gasteiger partial charge on any atom is -0.480 e. The fourth-order valence-corrected chi connectivity index (χ4v) is 4.14. The lowest BCUT2D eigenvalue weighted by Gasteiger charge is -2.27. The molecular formula is C26H35N7O6. The Balaban J connectivity index is 1.73. The summed E-state index contributed by atoms with van der Waals surface area (Å²) in [5.74, 6) is -3.71. The second-order valence-corrected chi connectivity index (χ2v) is 9.47. The number of carboxylic acids is 1. The number of imidazole rings is 1. The van der Waals surface area contributed by atoms with Gasteiger partial charge in [-0.25, -0.2) is 9.78 Å². The maximum Gasteiger partial charge on any atom is 0.328 e. The first kappa shape index (κ1) is 29.3. The Bertz CT molecular complexity index is 1270. The molecule has 2 heterocycles. The number of para-hydroxylation sites is 1. The van der Waals surface area contributed by atoms with Gasteiger partial charge in [-0.15, -0.1) is 0 Å². The Morgan fingerprint density at radius 1 is 1.00 bits per heavy atom. The third-order valence-electron chi connectivity index (χ3n) is 6.65. The average Bonchev–Trinajstić information content (AvgIpc) is 3.59. The molecule has 210 valence electrons. The maximum atomic E-state index is 13.4. The molecule has 0 saturated carbocycles. The maximum absolute atomic E-state index is 13.4. The molecule has 0 aliphatic heterocycles. The van der Waals surface area contributed by atoms with Crippen LogP contribution < -0.4 is 21.7 Å². The van der Waals surface area contributed by atoms with Crippen LogP contribution in [0.25, 0.3) is 10.9 Å². The van der Waals surface area contributed by atoms with Gasteiger partial charge in [0.05, 0.1) is 19.0 Å². The minimum absolute atomic E-state index is 0.0312. The van der Waals surface area contributed by atoms with Crippen LogP contribution in [0.3, 0.4) is 0 Å². The summed E-state index contributed by atoms with van der Waals surface area (Å²) in [6.07, 6.45) is 5.41. The molecule has 2 aromatic heterocycles. The molecule has 0 bridgehead atoms. The molecule has 5 atom stereocenters. The van der Waals surface area contributed by atoms with Gasteiger partial charge in [0, 0.05) is 35.4 Å². The van der Waals surface area contributed by atoms with Crippen molar-refractivity contribution in [1.29, 1.82) is 0 Å². The summed E-state index contributed by atoms with van der Waals surface area (Å²) in [5.41, 5.74) is 8.51. The van der Waals surface area contributed by atoms with Crippen molar-refractivity contribution in [2.24, 2.45) is 11.7 Å². The van der Waals surface area contributed by atoms with Crippen LogP contribution in [-0.2, 0) is 32.0 Å². The third-order valence-corrected chi connectivity index (χ3v) is 6.65. The number of rotatable bonds is 14. The van der Waals surface area contributed by atoms with Crippen molar-refractivity contribution in [3.63, 3.8) is 0 Å². The van der Waals surface area contributed by atoms with Gasteiger partial charge < -0.3 is 41.9 Å². The molecule has 0 saturated heterocycles. The molecule has 5 unspecified atom stereocenters. The van der Waals surface area contributed by atoms with Crippen molar-refractivity contribution in [2.45, 2.75) is 57.3 Å². The van der Waals surface area contributed by atoms with E-state index in [0.29, 0.717) is 12.1 Å². The number of carboxylic acid groups (broad SMARTS) is 1. The summed E-state index contributed by atoms with van der Waals surface area (Å²) in [5, 5.41) is 27.0. The molecule has 9 N–H and O–H groups in total. The van der Waals surface area contributed by atoms with E-state index >= 15 is 0 Å². The number of carbonyl (C=O) groups excluding carboxylic acids is 3. The van der Waals surface area contributed by atoms with Gasteiger partial charge in [-0.05, 0) is 24.0 Å². The van der Waals surface area contributed by atoms with Gasteiger partial charge in [-0.1, -0.05) is 38.5 Å². The number of nitrogens with one attached hydrogen (secondary N) is 5. The molecule has 3 amide bonds. The number of hydrogen-bond donors (Lipinski definition) is 8. The summed E-state index contributed by atoms with van der Waals surface area (Å²) < 4.78 is 0. The number of benzene rings is 1. The summed E-state index contributed by atoms with van der Waals surface area (Å²) in [7, 11) is 0. The Hall–Kier alpha value is -4.23. The molecule has 13 heteroatoms. The van der Waals surface area contributed by atoms with Crippen LogP contribution in [0.2, 0.25) is 0 Å². The van der Waals surface area contributed by atoms with Gasteiger partial charge in [-0.3, -0.25) is 14.4 Å². The fourth-order valence-electron chi connectivity index (χ4n) is 4.14. The standard InChI is InChI=1S/C26H35N7O6/c1-3-14(2)22(33-23(35)18(27)8-15-10-29-19-7-5-4-6-17(15)19)25(37)31-20(9-16-11-28-13-30-16)24(36)32-21(12-34)26(38)39/h4-7,10-11,13-14,18,20-22,29,34H,3,8-9,12,27H2,1-2H3,(H,28,30)(H,31,37)(H,32,36)(H,33,35)(H,38,39). The number of carbonyl (C=O) groups is 4. The molecule has 39 heavy (non-hydrogen) atoms. The van der Waals surface area contributed by atoms with Crippen LogP contribution in [0, 0.1) is 5.92 Å². The van der Waals surface area contributed by atoms with Gasteiger partial charge in [-0.2, -0.15) is 0 Å². The zero-order valence-electron chi connectivity index (χ0n) is 21.8. The number of aliphatic hydroxyl groups is 1. The van der Waals surface area contributed by atoms with Crippen molar-refractivity contribution < 1.29 is 29.4 Å². The Labute approximate surface area is 225 Å².